The van der Waals surface area contributed by atoms with Gasteiger partial charge in [-0.1, -0.05) is 35.1 Å². The predicted molar refractivity (Wildman–Crippen MR) is 68.0 cm³/mol. The van der Waals surface area contributed by atoms with Gasteiger partial charge in [0.2, 0.25) is 0 Å². The molecular weight excluding hydrogens is 272 g/mol. The molecule has 15 heavy (non-hydrogen) atoms. The summed E-state index contributed by atoms with van der Waals surface area (Å²) in [6, 6.07) is 10.1. The largest absolute Gasteiger partial charge is 0.297 e. The first-order valence-electron chi connectivity index (χ1n) is 4.77. The van der Waals surface area contributed by atoms with E-state index in [4.69, 9.17) is 12.2 Å². The van der Waals surface area contributed by atoms with Crippen LogP contribution >= 0.6 is 28.1 Å². The van der Waals surface area contributed by atoms with Crippen molar-refractivity contribution in [1.82, 2.24) is 9.78 Å². The number of nitrogens with one attached hydrogen (secondary N) is 1. The van der Waals surface area contributed by atoms with Gasteiger partial charge in [-0.3, -0.25) is 5.10 Å². The van der Waals surface area contributed by atoms with Gasteiger partial charge >= 0.3 is 0 Å². The van der Waals surface area contributed by atoms with Gasteiger partial charge in [0, 0.05) is 10.2 Å². The van der Waals surface area contributed by atoms with Crippen LogP contribution in [0, 0.1) is 4.64 Å². The number of aryl methyl sites for hydroxylation is 1. The van der Waals surface area contributed by atoms with Crippen LogP contribution in [0.2, 0.25) is 0 Å². The molecule has 0 spiro atoms. The van der Waals surface area contributed by atoms with Gasteiger partial charge in [0.1, 0.15) is 4.64 Å². The highest BCUT2D eigenvalue weighted by molar-refractivity contribution is 9.10. The van der Waals surface area contributed by atoms with Crippen LogP contribution in [0.5, 0.6) is 0 Å². The van der Waals surface area contributed by atoms with Gasteiger partial charge in [-0.05, 0) is 36.8 Å². The lowest BCUT2D eigenvalue weighted by Gasteiger charge is -2.02. The zero-order valence-corrected chi connectivity index (χ0v) is 10.7. The Morgan fingerprint density at radius 3 is 2.53 bits per heavy atom. The number of aromatic amines is 1. The van der Waals surface area contributed by atoms with Crippen LogP contribution in [-0.2, 0) is 6.42 Å². The summed E-state index contributed by atoms with van der Waals surface area (Å²) in [6.45, 7) is 2.10. The topological polar surface area (TPSA) is 20.7 Å². The highest BCUT2D eigenvalue weighted by atomic mass is 79.9. The second kappa shape index (κ2) is 4.33. The van der Waals surface area contributed by atoms with E-state index in [2.05, 4.69) is 28.0 Å². The van der Waals surface area contributed by atoms with Gasteiger partial charge in [0.25, 0.3) is 0 Å². The number of benzene rings is 1. The lowest BCUT2D eigenvalue weighted by molar-refractivity contribution is 0.833. The van der Waals surface area contributed by atoms with Gasteiger partial charge < -0.3 is 0 Å². The second-order valence-electron chi connectivity index (χ2n) is 3.28. The summed E-state index contributed by atoms with van der Waals surface area (Å²) in [5, 5.41) is 3.26. The monoisotopic (exact) mass is 282 g/mol. The van der Waals surface area contributed by atoms with Gasteiger partial charge in [0.05, 0.1) is 5.69 Å². The molecule has 0 radical (unpaired) electrons. The van der Waals surface area contributed by atoms with Crippen LogP contribution in [0.25, 0.3) is 5.69 Å². The fraction of sp³-hybridized carbons (Fsp3) is 0.182. The molecule has 1 N–H and O–H groups in total. The zero-order valence-electron chi connectivity index (χ0n) is 8.33. The summed E-state index contributed by atoms with van der Waals surface area (Å²) >= 11 is 8.68. The first-order chi connectivity index (χ1) is 7.20. The molecule has 1 aromatic carbocycles. The van der Waals surface area contributed by atoms with Crippen LogP contribution in [0.3, 0.4) is 0 Å². The van der Waals surface area contributed by atoms with E-state index in [1.54, 1.807) is 0 Å². The third-order valence-corrected chi connectivity index (χ3v) is 3.07. The van der Waals surface area contributed by atoms with Crippen molar-refractivity contribution in [1.29, 1.82) is 0 Å². The van der Waals surface area contributed by atoms with Gasteiger partial charge in [-0.2, -0.15) is 0 Å². The molecule has 2 rings (SSSR count). The number of halogens is 1. The van der Waals surface area contributed by atoms with Crippen LogP contribution in [-0.4, -0.2) is 9.78 Å². The van der Waals surface area contributed by atoms with Crippen molar-refractivity contribution in [3.8, 4) is 5.69 Å². The maximum atomic E-state index is 5.27. The fourth-order valence-electron chi connectivity index (χ4n) is 1.41. The molecule has 0 unspecified atom stereocenters. The Morgan fingerprint density at radius 2 is 2.00 bits per heavy atom. The molecule has 1 heterocycles. The molecule has 0 saturated carbocycles. The smallest absolute Gasteiger partial charge is 0.127 e. The molecular formula is C11H11BrN2S. The Morgan fingerprint density at radius 1 is 1.33 bits per heavy atom. The summed E-state index contributed by atoms with van der Waals surface area (Å²) in [5.41, 5.74) is 2.21. The Balaban J connectivity index is 2.49. The minimum Gasteiger partial charge on any atom is -0.297 e. The molecule has 0 aliphatic carbocycles. The molecule has 0 aliphatic heterocycles. The maximum Gasteiger partial charge on any atom is 0.127 e. The third-order valence-electron chi connectivity index (χ3n) is 2.24. The molecule has 2 aromatic rings. The van der Waals surface area contributed by atoms with Gasteiger partial charge in [-0.15, -0.1) is 0 Å². The number of aromatic nitrogens is 2. The minimum atomic E-state index is 0.814. The highest BCUT2D eigenvalue weighted by Gasteiger charge is 2.00. The standard InChI is InChI=1S/C11H11BrN2S/c1-2-9-7-11(15)14(13-9)10-5-3-8(12)4-6-10/h3-7,13H,2H2,1H3. The average molecular weight is 283 g/mol. The quantitative estimate of drug-likeness (QED) is 0.830. The van der Waals surface area contributed by atoms with Crippen molar-refractivity contribution in [3.63, 3.8) is 0 Å². The first kappa shape index (κ1) is 10.6. The first-order valence-corrected chi connectivity index (χ1v) is 5.97. The molecule has 0 aliphatic rings. The number of hydrogen-bond acceptors (Lipinski definition) is 1. The van der Waals surface area contributed by atoms with Crippen molar-refractivity contribution >= 4 is 28.1 Å². The molecule has 0 bridgehead atoms. The highest BCUT2D eigenvalue weighted by Crippen LogP contribution is 2.14. The molecule has 0 saturated heterocycles. The molecule has 0 atom stereocenters. The van der Waals surface area contributed by atoms with Crippen LogP contribution in [0.1, 0.15) is 12.6 Å². The van der Waals surface area contributed by atoms with Crippen LogP contribution in [0.15, 0.2) is 34.8 Å². The lowest BCUT2D eigenvalue weighted by Crippen LogP contribution is -1.96. The van der Waals surface area contributed by atoms with E-state index in [1.807, 2.05) is 35.0 Å². The number of rotatable bonds is 2. The molecule has 1 aromatic heterocycles. The second-order valence-corrected chi connectivity index (χ2v) is 4.62. The Kier molecular flexibility index (Phi) is 3.07. The Bertz CT molecular complexity index is 510. The molecule has 2 nitrogen and oxygen atoms in total. The molecule has 0 amide bonds. The van der Waals surface area contributed by atoms with E-state index >= 15 is 0 Å². The zero-order chi connectivity index (χ0) is 10.8. The normalized spacial score (nSPS) is 10.5. The SMILES string of the molecule is CCc1cc(=S)n(-c2ccc(Br)cc2)[nH]1. The Hall–Kier alpha value is -0.870. The van der Waals surface area contributed by atoms with Crippen LogP contribution in [0.4, 0.5) is 0 Å². The summed E-state index contributed by atoms with van der Waals surface area (Å²) < 4.78 is 3.80. The van der Waals surface area contributed by atoms with E-state index in [9.17, 15) is 0 Å². The molecule has 78 valence electrons. The van der Waals surface area contributed by atoms with E-state index < -0.39 is 0 Å². The molecule has 4 heteroatoms. The lowest BCUT2D eigenvalue weighted by atomic mass is 10.3. The number of nitrogens with zero attached hydrogens (tertiary/aromatic N) is 1. The van der Waals surface area contributed by atoms with Gasteiger partial charge in [-0.25, -0.2) is 4.68 Å². The number of H-pyrrole nitrogens is 1. The average Bonchev–Trinajstić information content (AvgIpc) is 2.61. The summed E-state index contributed by atoms with van der Waals surface area (Å²) in [5.74, 6) is 0. The van der Waals surface area contributed by atoms with Gasteiger partial charge in [0.15, 0.2) is 0 Å². The van der Waals surface area contributed by atoms with E-state index in [-0.39, 0.29) is 0 Å². The fourth-order valence-corrected chi connectivity index (χ4v) is 1.97. The van der Waals surface area contributed by atoms with Crippen LogP contribution < -0.4 is 0 Å². The third kappa shape index (κ3) is 2.21. The molecule has 0 fully saturated rings. The van der Waals surface area contributed by atoms with Crippen molar-refractivity contribution in [2.45, 2.75) is 13.3 Å². The predicted octanol–water partition coefficient (Wildman–Crippen LogP) is 3.86. The van der Waals surface area contributed by atoms with Crippen molar-refractivity contribution in [2.24, 2.45) is 0 Å². The summed E-state index contributed by atoms with van der Waals surface area (Å²) in [6.07, 6.45) is 0.965. The minimum absolute atomic E-state index is 0.814. The summed E-state index contributed by atoms with van der Waals surface area (Å²) in [4.78, 5) is 0. The van der Waals surface area contributed by atoms with E-state index in [0.717, 1.165) is 26.9 Å². The van der Waals surface area contributed by atoms with E-state index in [1.165, 1.54) is 0 Å². The Labute approximate surface area is 102 Å². The number of hydrogen-bond donors (Lipinski definition) is 1. The van der Waals surface area contributed by atoms with Crippen molar-refractivity contribution in [3.05, 3.63) is 45.1 Å². The van der Waals surface area contributed by atoms with Crippen molar-refractivity contribution < 1.29 is 0 Å². The van der Waals surface area contributed by atoms with Crippen molar-refractivity contribution in [2.75, 3.05) is 0 Å². The van der Waals surface area contributed by atoms with E-state index in [0.29, 0.717) is 0 Å². The summed E-state index contributed by atoms with van der Waals surface area (Å²) in [7, 11) is 0. The maximum absolute atomic E-state index is 5.27.